The van der Waals surface area contributed by atoms with Crippen LogP contribution in [0.5, 0.6) is 0 Å². The first kappa shape index (κ1) is 13.2. The van der Waals surface area contributed by atoms with E-state index < -0.39 is 17.7 Å². The first-order valence-electron chi connectivity index (χ1n) is 5.37. The van der Waals surface area contributed by atoms with Crippen molar-refractivity contribution in [1.29, 1.82) is 0 Å². The van der Waals surface area contributed by atoms with Crippen LogP contribution in [0.15, 0.2) is 36.5 Å². The van der Waals surface area contributed by atoms with E-state index in [9.17, 15) is 18.0 Å². The molecule has 0 saturated heterocycles. The average molecular weight is 269 g/mol. The zero-order valence-electron chi connectivity index (χ0n) is 9.91. The Morgan fingerprint density at radius 1 is 1.26 bits per heavy atom. The van der Waals surface area contributed by atoms with E-state index >= 15 is 0 Å². The SMILES string of the molecule is COC(=O)c1[nH]ccc1-c1cccc(C(F)(F)F)c1. The van der Waals surface area contributed by atoms with Crippen LogP contribution in [0.25, 0.3) is 11.1 Å². The molecular weight excluding hydrogens is 259 g/mol. The number of methoxy groups -OCH3 is 1. The molecule has 0 aliphatic rings. The summed E-state index contributed by atoms with van der Waals surface area (Å²) in [7, 11) is 1.21. The fourth-order valence-corrected chi connectivity index (χ4v) is 1.74. The summed E-state index contributed by atoms with van der Waals surface area (Å²) < 4.78 is 42.5. The zero-order valence-corrected chi connectivity index (χ0v) is 9.91. The zero-order chi connectivity index (χ0) is 14.0. The molecule has 0 aliphatic carbocycles. The van der Waals surface area contributed by atoms with Crippen LogP contribution in [0.1, 0.15) is 16.1 Å². The number of esters is 1. The van der Waals surface area contributed by atoms with E-state index in [4.69, 9.17) is 0 Å². The molecule has 0 spiro atoms. The molecule has 0 unspecified atom stereocenters. The molecule has 100 valence electrons. The van der Waals surface area contributed by atoms with Crippen LogP contribution in [0.3, 0.4) is 0 Å². The van der Waals surface area contributed by atoms with Gasteiger partial charge in [-0.05, 0) is 23.8 Å². The Labute approximate surface area is 107 Å². The number of benzene rings is 1. The van der Waals surface area contributed by atoms with Crippen molar-refractivity contribution in [3.63, 3.8) is 0 Å². The van der Waals surface area contributed by atoms with E-state index in [0.717, 1.165) is 12.1 Å². The third kappa shape index (κ3) is 2.62. The minimum atomic E-state index is -4.42. The first-order valence-corrected chi connectivity index (χ1v) is 5.37. The summed E-state index contributed by atoms with van der Waals surface area (Å²) in [6, 6.07) is 6.31. The number of carbonyl (C=O) groups is 1. The van der Waals surface area contributed by atoms with Gasteiger partial charge < -0.3 is 9.72 Å². The Morgan fingerprint density at radius 3 is 2.63 bits per heavy atom. The summed E-state index contributed by atoms with van der Waals surface area (Å²) >= 11 is 0. The Bertz CT molecular complexity index is 602. The van der Waals surface area contributed by atoms with Gasteiger partial charge >= 0.3 is 12.1 Å². The van der Waals surface area contributed by atoms with Gasteiger partial charge in [-0.1, -0.05) is 12.1 Å². The van der Waals surface area contributed by atoms with Crippen molar-refractivity contribution >= 4 is 5.97 Å². The molecule has 3 nitrogen and oxygen atoms in total. The molecule has 1 aromatic heterocycles. The number of aromatic amines is 1. The highest BCUT2D eigenvalue weighted by molar-refractivity contribution is 5.95. The quantitative estimate of drug-likeness (QED) is 0.848. The Hall–Kier alpha value is -2.24. The molecule has 0 fully saturated rings. The van der Waals surface area contributed by atoms with Crippen molar-refractivity contribution in [3.05, 3.63) is 47.8 Å². The van der Waals surface area contributed by atoms with Gasteiger partial charge in [-0.25, -0.2) is 4.79 Å². The molecule has 1 aromatic carbocycles. The smallest absolute Gasteiger partial charge is 0.416 e. The second-order valence-electron chi connectivity index (χ2n) is 3.84. The minimum Gasteiger partial charge on any atom is -0.464 e. The number of nitrogens with one attached hydrogen (secondary N) is 1. The van der Waals surface area contributed by atoms with Gasteiger partial charge in [-0.2, -0.15) is 13.2 Å². The van der Waals surface area contributed by atoms with Crippen molar-refractivity contribution in [1.82, 2.24) is 4.98 Å². The summed E-state index contributed by atoms with van der Waals surface area (Å²) in [6.45, 7) is 0. The van der Waals surface area contributed by atoms with E-state index in [2.05, 4.69) is 9.72 Å². The number of aromatic nitrogens is 1. The lowest BCUT2D eigenvalue weighted by atomic mass is 10.0. The number of rotatable bonds is 2. The maximum atomic E-state index is 12.6. The molecule has 0 atom stereocenters. The number of hydrogen-bond donors (Lipinski definition) is 1. The van der Waals surface area contributed by atoms with Gasteiger partial charge in [0.05, 0.1) is 12.7 Å². The Kier molecular flexibility index (Phi) is 3.33. The third-order valence-electron chi connectivity index (χ3n) is 2.64. The molecule has 0 radical (unpaired) electrons. The van der Waals surface area contributed by atoms with Crippen LogP contribution >= 0.6 is 0 Å². The molecule has 6 heteroatoms. The number of carbonyl (C=O) groups excluding carboxylic acids is 1. The van der Waals surface area contributed by atoms with Crippen LogP contribution in [-0.4, -0.2) is 18.1 Å². The number of hydrogen-bond acceptors (Lipinski definition) is 2. The van der Waals surface area contributed by atoms with Gasteiger partial charge in [0, 0.05) is 11.8 Å². The van der Waals surface area contributed by atoms with Crippen molar-refractivity contribution in [2.45, 2.75) is 6.18 Å². The van der Waals surface area contributed by atoms with Gasteiger partial charge in [-0.15, -0.1) is 0 Å². The summed E-state index contributed by atoms with van der Waals surface area (Å²) in [5, 5.41) is 0. The van der Waals surface area contributed by atoms with Crippen LogP contribution < -0.4 is 0 Å². The van der Waals surface area contributed by atoms with Crippen LogP contribution in [0, 0.1) is 0 Å². The second-order valence-corrected chi connectivity index (χ2v) is 3.84. The lowest BCUT2D eigenvalue weighted by molar-refractivity contribution is -0.137. The molecule has 0 amide bonds. The fraction of sp³-hybridized carbons (Fsp3) is 0.154. The fourth-order valence-electron chi connectivity index (χ4n) is 1.74. The predicted molar refractivity (Wildman–Crippen MR) is 62.6 cm³/mol. The van der Waals surface area contributed by atoms with E-state index in [0.29, 0.717) is 11.1 Å². The van der Waals surface area contributed by atoms with Crippen molar-refractivity contribution in [2.24, 2.45) is 0 Å². The average Bonchev–Trinajstić information content (AvgIpc) is 2.86. The van der Waals surface area contributed by atoms with E-state index in [1.54, 1.807) is 0 Å². The van der Waals surface area contributed by atoms with Gasteiger partial charge in [0.15, 0.2) is 0 Å². The number of halogens is 3. The summed E-state index contributed by atoms with van der Waals surface area (Å²) in [5.41, 5.74) is 0.0401. The lowest BCUT2D eigenvalue weighted by Crippen LogP contribution is -2.06. The van der Waals surface area contributed by atoms with Crippen LogP contribution in [0.4, 0.5) is 13.2 Å². The largest absolute Gasteiger partial charge is 0.464 e. The molecule has 0 aliphatic heterocycles. The highest BCUT2D eigenvalue weighted by Crippen LogP contribution is 2.33. The van der Waals surface area contributed by atoms with E-state index in [1.807, 2.05) is 0 Å². The summed E-state index contributed by atoms with van der Waals surface area (Å²) in [6.07, 6.45) is -2.94. The molecule has 19 heavy (non-hydrogen) atoms. The first-order chi connectivity index (χ1) is 8.93. The highest BCUT2D eigenvalue weighted by atomic mass is 19.4. The van der Waals surface area contributed by atoms with Crippen molar-refractivity contribution in [2.75, 3.05) is 7.11 Å². The maximum Gasteiger partial charge on any atom is 0.416 e. The van der Waals surface area contributed by atoms with Crippen molar-refractivity contribution < 1.29 is 22.7 Å². The van der Waals surface area contributed by atoms with E-state index in [1.165, 1.54) is 31.5 Å². The van der Waals surface area contributed by atoms with Crippen LogP contribution in [0.2, 0.25) is 0 Å². The van der Waals surface area contributed by atoms with Gasteiger partial charge in [0.25, 0.3) is 0 Å². The standard InChI is InChI=1S/C13H10F3NO2/c1-19-12(18)11-10(5-6-17-11)8-3-2-4-9(7-8)13(14,15)16/h2-7,17H,1H3. The Morgan fingerprint density at radius 2 is 2.00 bits per heavy atom. The number of ether oxygens (including phenoxy) is 1. The summed E-state index contributed by atoms with van der Waals surface area (Å²) in [5.74, 6) is -0.627. The van der Waals surface area contributed by atoms with Crippen LogP contribution in [-0.2, 0) is 10.9 Å². The van der Waals surface area contributed by atoms with E-state index in [-0.39, 0.29) is 5.69 Å². The van der Waals surface area contributed by atoms with Gasteiger partial charge in [-0.3, -0.25) is 0 Å². The summed E-state index contributed by atoms with van der Waals surface area (Å²) in [4.78, 5) is 14.1. The van der Waals surface area contributed by atoms with Gasteiger partial charge in [0.2, 0.25) is 0 Å². The molecule has 2 rings (SSSR count). The molecule has 1 N–H and O–H groups in total. The lowest BCUT2D eigenvalue weighted by Gasteiger charge is -2.09. The Balaban J connectivity index is 2.49. The highest BCUT2D eigenvalue weighted by Gasteiger charge is 2.30. The molecule has 1 heterocycles. The normalized spacial score (nSPS) is 11.4. The molecule has 0 saturated carbocycles. The minimum absolute atomic E-state index is 0.127. The molecular formula is C13H10F3NO2. The monoisotopic (exact) mass is 269 g/mol. The predicted octanol–water partition coefficient (Wildman–Crippen LogP) is 3.49. The maximum absolute atomic E-state index is 12.6. The number of H-pyrrole nitrogens is 1. The third-order valence-corrected chi connectivity index (χ3v) is 2.64. The topological polar surface area (TPSA) is 42.1 Å². The van der Waals surface area contributed by atoms with Gasteiger partial charge in [0.1, 0.15) is 5.69 Å². The second kappa shape index (κ2) is 4.79. The van der Waals surface area contributed by atoms with Crippen molar-refractivity contribution in [3.8, 4) is 11.1 Å². The molecule has 2 aromatic rings. The number of alkyl halides is 3. The molecule has 0 bridgehead atoms.